The molecule has 2 aromatic rings. The first kappa shape index (κ1) is 11.7. The number of hydrogen-bond donors (Lipinski definition) is 1. The summed E-state index contributed by atoms with van der Waals surface area (Å²) >= 11 is 0. The maximum Gasteiger partial charge on any atom is 0.270 e. The predicted molar refractivity (Wildman–Crippen MR) is 71.8 cm³/mol. The van der Waals surface area contributed by atoms with E-state index in [9.17, 15) is 9.59 Å². The number of amides is 1. The number of benzene rings is 1. The predicted octanol–water partition coefficient (Wildman–Crippen LogP) is 2.39. The lowest BCUT2D eigenvalue weighted by molar-refractivity contribution is 0.0966. The summed E-state index contributed by atoms with van der Waals surface area (Å²) in [5.41, 5.74) is 5.06. The number of aromatic nitrogens is 1. The van der Waals surface area contributed by atoms with Crippen molar-refractivity contribution in [1.29, 1.82) is 0 Å². The van der Waals surface area contributed by atoms with E-state index < -0.39 is 0 Å². The van der Waals surface area contributed by atoms with Crippen molar-refractivity contribution in [1.82, 2.24) is 4.68 Å². The van der Waals surface area contributed by atoms with Crippen LogP contribution in [0.4, 0.5) is 0 Å². The van der Waals surface area contributed by atoms with Gasteiger partial charge in [0.2, 0.25) is 0 Å². The van der Waals surface area contributed by atoms with Gasteiger partial charge >= 0.3 is 0 Å². The molecule has 1 aliphatic carbocycles. The molecular weight excluding hydrogens is 240 g/mol. The Morgan fingerprint density at radius 3 is 2.68 bits per heavy atom. The Morgan fingerprint density at radius 1 is 1.11 bits per heavy atom. The Morgan fingerprint density at radius 2 is 1.89 bits per heavy atom. The van der Waals surface area contributed by atoms with Crippen molar-refractivity contribution in [2.24, 2.45) is 0 Å². The highest BCUT2D eigenvalue weighted by Crippen LogP contribution is 2.21. The minimum absolute atomic E-state index is 0.161. The van der Waals surface area contributed by atoms with E-state index in [0.29, 0.717) is 12.0 Å². The van der Waals surface area contributed by atoms with E-state index in [4.69, 9.17) is 0 Å². The molecule has 0 bridgehead atoms. The van der Waals surface area contributed by atoms with Gasteiger partial charge in [-0.2, -0.15) is 0 Å². The third-order valence-corrected chi connectivity index (χ3v) is 3.37. The van der Waals surface area contributed by atoms with E-state index >= 15 is 0 Å². The van der Waals surface area contributed by atoms with Gasteiger partial charge in [0.1, 0.15) is 0 Å². The van der Waals surface area contributed by atoms with Gasteiger partial charge in [-0.25, -0.2) is 0 Å². The Bertz CT molecular complexity index is 629. The summed E-state index contributed by atoms with van der Waals surface area (Å²) < 4.78 is 1.67. The molecular formula is C15H14N2O2. The number of hydrogen-bond acceptors (Lipinski definition) is 2. The molecule has 3 rings (SSSR count). The van der Waals surface area contributed by atoms with Gasteiger partial charge in [-0.3, -0.25) is 19.7 Å². The van der Waals surface area contributed by atoms with E-state index in [0.717, 1.165) is 24.1 Å². The van der Waals surface area contributed by atoms with Gasteiger partial charge in [-0.1, -0.05) is 18.2 Å². The molecule has 4 heteroatoms. The van der Waals surface area contributed by atoms with Crippen LogP contribution in [0.25, 0.3) is 0 Å². The van der Waals surface area contributed by atoms with Crippen LogP contribution in [0.1, 0.15) is 39.3 Å². The largest absolute Gasteiger partial charge is 0.294 e. The van der Waals surface area contributed by atoms with Crippen molar-refractivity contribution < 1.29 is 9.59 Å². The molecule has 0 unspecified atom stereocenters. The summed E-state index contributed by atoms with van der Waals surface area (Å²) in [6.45, 7) is 0. The van der Waals surface area contributed by atoms with Crippen LogP contribution in [-0.2, 0) is 6.42 Å². The van der Waals surface area contributed by atoms with Gasteiger partial charge in [0, 0.05) is 23.7 Å². The fraction of sp³-hybridized carbons (Fsp3) is 0.200. The average molecular weight is 254 g/mol. The van der Waals surface area contributed by atoms with E-state index in [1.54, 1.807) is 29.1 Å². The number of Topliss-reactive ketones (excluding diaryl/α,β-unsaturated/α-hetero) is 1. The second-order valence-electron chi connectivity index (χ2n) is 4.63. The normalized spacial score (nSPS) is 14.0. The van der Waals surface area contributed by atoms with Gasteiger partial charge in [0.15, 0.2) is 5.78 Å². The van der Waals surface area contributed by atoms with Crippen LogP contribution < -0.4 is 5.43 Å². The summed E-state index contributed by atoms with van der Waals surface area (Å²) in [4.78, 5) is 23.8. The molecule has 1 aliphatic rings. The molecule has 1 heterocycles. The highest BCUT2D eigenvalue weighted by Gasteiger charge is 2.21. The number of carbonyl (C=O) groups is 2. The summed E-state index contributed by atoms with van der Waals surface area (Å²) in [7, 11) is 0. The molecule has 0 saturated heterocycles. The smallest absolute Gasteiger partial charge is 0.270 e. The second kappa shape index (κ2) is 4.72. The zero-order valence-corrected chi connectivity index (χ0v) is 10.4. The third-order valence-electron chi connectivity index (χ3n) is 3.37. The Kier molecular flexibility index (Phi) is 2.91. The van der Waals surface area contributed by atoms with Crippen molar-refractivity contribution in [3.05, 3.63) is 59.4 Å². The monoisotopic (exact) mass is 254 g/mol. The molecule has 19 heavy (non-hydrogen) atoms. The van der Waals surface area contributed by atoms with Crippen molar-refractivity contribution in [2.45, 2.75) is 19.3 Å². The van der Waals surface area contributed by atoms with E-state index in [1.165, 1.54) is 0 Å². The lowest BCUT2D eigenvalue weighted by atomic mass is 9.97. The number of nitrogens with zero attached hydrogens (tertiary/aromatic N) is 1. The van der Waals surface area contributed by atoms with Crippen molar-refractivity contribution >= 4 is 11.7 Å². The van der Waals surface area contributed by atoms with Crippen LogP contribution in [0.3, 0.4) is 0 Å². The number of ketones is 1. The molecule has 0 saturated carbocycles. The fourth-order valence-corrected chi connectivity index (χ4v) is 2.39. The van der Waals surface area contributed by atoms with Gasteiger partial charge in [-0.05, 0) is 31.0 Å². The van der Waals surface area contributed by atoms with Crippen molar-refractivity contribution in [3.8, 4) is 0 Å². The van der Waals surface area contributed by atoms with Gasteiger partial charge < -0.3 is 0 Å². The zero-order valence-electron chi connectivity index (χ0n) is 10.4. The van der Waals surface area contributed by atoms with E-state index in [1.807, 2.05) is 18.2 Å². The first-order chi connectivity index (χ1) is 9.25. The highest BCUT2D eigenvalue weighted by atomic mass is 16.2. The molecule has 0 atom stereocenters. The molecule has 96 valence electrons. The van der Waals surface area contributed by atoms with E-state index in [2.05, 4.69) is 5.43 Å². The number of carbonyl (C=O) groups excluding carboxylic acids is 2. The SMILES string of the molecule is O=C(Nn1ccc2c1CCCC2=O)c1ccccc1. The molecule has 0 aliphatic heterocycles. The van der Waals surface area contributed by atoms with Crippen LogP contribution in [0.5, 0.6) is 0 Å². The van der Waals surface area contributed by atoms with E-state index in [-0.39, 0.29) is 11.7 Å². The average Bonchev–Trinajstić information content (AvgIpc) is 2.84. The van der Waals surface area contributed by atoms with Crippen LogP contribution >= 0.6 is 0 Å². The first-order valence-electron chi connectivity index (χ1n) is 6.35. The first-order valence-corrected chi connectivity index (χ1v) is 6.35. The topological polar surface area (TPSA) is 51.1 Å². The zero-order chi connectivity index (χ0) is 13.2. The van der Waals surface area contributed by atoms with Crippen LogP contribution in [0.2, 0.25) is 0 Å². The molecule has 1 amide bonds. The standard InChI is InChI=1S/C15H14N2O2/c18-14-8-4-7-13-12(14)9-10-17(13)16-15(19)11-5-2-1-3-6-11/h1-3,5-6,9-10H,4,7-8H2,(H,16,19). The molecule has 0 radical (unpaired) electrons. The lowest BCUT2D eigenvalue weighted by Gasteiger charge is -2.15. The van der Waals surface area contributed by atoms with Crippen LogP contribution in [0.15, 0.2) is 42.6 Å². The highest BCUT2D eigenvalue weighted by molar-refractivity contribution is 6.01. The Balaban J connectivity index is 1.85. The Hall–Kier alpha value is -2.36. The number of nitrogens with one attached hydrogen (secondary N) is 1. The fourth-order valence-electron chi connectivity index (χ4n) is 2.39. The Labute approximate surface area is 111 Å². The summed E-state index contributed by atoms with van der Waals surface area (Å²) in [6.07, 6.45) is 4.01. The molecule has 1 N–H and O–H groups in total. The molecule has 4 nitrogen and oxygen atoms in total. The lowest BCUT2D eigenvalue weighted by Crippen LogP contribution is -2.25. The summed E-state index contributed by atoms with van der Waals surface area (Å²) in [5.74, 6) is -0.00835. The third kappa shape index (κ3) is 2.17. The van der Waals surface area contributed by atoms with Gasteiger partial charge in [-0.15, -0.1) is 0 Å². The van der Waals surface area contributed by atoms with Gasteiger partial charge in [0.05, 0.1) is 5.69 Å². The van der Waals surface area contributed by atoms with Crippen LogP contribution in [-0.4, -0.2) is 16.4 Å². The second-order valence-corrected chi connectivity index (χ2v) is 4.63. The minimum atomic E-state index is -0.169. The number of fused-ring (bicyclic) bond motifs is 1. The minimum Gasteiger partial charge on any atom is -0.294 e. The summed E-state index contributed by atoms with van der Waals surface area (Å²) in [5, 5.41) is 0. The molecule has 0 fully saturated rings. The van der Waals surface area contributed by atoms with Crippen molar-refractivity contribution in [2.75, 3.05) is 5.43 Å². The van der Waals surface area contributed by atoms with Gasteiger partial charge in [0.25, 0.3) is 5.91 Å². The molecule has 0 spiro atoms. The summed E-state index contributed by atoms with van der Waals surface area (Å²) in [6, 6.07) is 10.8. The van der Waals surface area contributed by atoms with Crippen LogP contribution in [0, 0.1) is 0 Å². The quantitative estimate of drug-likeness (QED) is 0.894. The molecule has 1 aromatic carbocycles. The maximum atomic E-state index is 12.1. The number of rotatable bonds is 2. The maximum absolute atomic E-state index is 12.1. The van der Waals surface area contributed by atoms with Crippen molar-refractivity contribution in [3.63, 3.8) is 0 Å². The molecule has 1 aromatic heterocycles.